The topological polar surface area (TPSA) is 326 Å². The molecule has 4 N–H and O–H groups in total. The summed E-state index contributed by atoms with van der Waals surface area (Å²) in [7, 11) is 1.63. The molecule has 30 heteroatoms. The Kier molecular flexibility index (Phi) is 31.4. The fourth-order valence-corrected chi connectivity index (χ4v) is 15.6. The lowest BCUT2D eigenvalue weighted by Gasteiger charge is -2.11. The van der Waals surface area contributed by atoms with Gasteiger partial charge in [0.2, 0.25) is 23.5 Å². The molecule has 0 saturated heterocycles. The summed E-state index contributed by atoms with van der Waals surface area (Å²) in [6.07, 6.45) is 23.9. The zero-order chi connectivity index (χ0) is 74.0. The van der Waals surface area contributed by atoms with E-state index in [1.807, 2.05) is 146 Å². The molecular formula is C77H88N14O11S5. The fourth-order valence-electron chi connectivity index (χ4n) is 12.4. The second-order valence-electron chi connectivity index (χ2n) is 26.0. The number of nitrogens with one attached hydrogen (secondary N) is 4. The number of benzene rings is 5. The van der Waals surface area contributed by atoms with Crippen molar-refractivity contribution in [2.45, 2.75) is 181 Å². The lowest BCUT2D eigenvalue weighted by Crippen LogP contribution is -2.36. The van der Waals surface area contributed by atoms with Gasteiger partial charge in [-0.25, -0.2) is 9.97 Å². The van der Waals surface area contributed by atoms with Crippen molar-refractivity contribution in [2.24, 2.45) is 0 Å². The molecule has 5 aromatic heterocycles. The third kappa shape index (κ3) is 26.8. The smallest absolute Gasteiger partial charge is 0.418 e. The van der Waals surface area contributed by atoms with Gasteiger partial charge in [-0.1, -0.05) is 207 Å². The largest absolute Gasteiger partial charge is 0.497 e. The molecule has 0 bridgehead atoms. The molecule has 10 aromatic rings. The molecule has 562 valence electrons. The second kappa shape index (κ2) is 42.7. The van der Waals surface area contributed by atoms with Gasteiger partial charge in [-0.3, -0.25) is 28.5 Å². The second-order valence-corrected chi connectivity index (χ2v) is 30.4. The fraction of sp³-hybridized carbons (Fsp3) is 0.416. The van der Waals surface area contributed by atoms with Crippen LogP contribution in [0.2, 0.25) is 0 Å². The van der Waals surface area contributed by atoms with Crippen molar-refractivity contribution in [1.82, 2.24) is 69.6 Å². The average Bonchev–Trinajstić information content (AvgIpc) is 1.78. The van der Waals surface area contributed by atoms with Gasteiger partial charge in [0.1, 0.15) is 16.9 Å². The van der Waals surface area contributed by atoms with Gasteiger partial charge < -0.3 is 44.7 Å². The first kappa shape index (κ1) is 78.6. The maximum Gasteiger partial charge on any atom is 0.418 e. The van der Waals surface area contributed by atoms with E-state index in [2.05, 4.69) is 69.6 Å². The Bertz CT molecular complexity index is 3860. The molecule has 5 fully saturated rings. The highest BCUT2D eigenvalue weighted by Gasteiger charge is 2.24. The van der Waals surface area contributed by atoms with Crippen molar-refractivity contribution in [3.05, 3.63) is 151 Å². The summed E-state index contributed by atoms with van der Waals surface area (Å²) in [6.45, 7) is -0.104. The maximum absolute atomic E-state index is 11.9. The van der Waals surface area contributed by atoms with Crippen LogP contribution >= 0.6 is 58.1 Å². The number of thioether (sulfide) groups is 2. The lowest BCUT2D eigenvalue weighted by atomic mass is 10.2. The van der Waals surface area contributed by atoms with Crippen molar-refractivity contribution < 1.29 is 52.0 Å². The quantitative estimate of drug-likeness (QED) is 0.0289. The SMILES string of the molecule is COc1ccc(-c2nsc(SCC(=O)OC3CCCC3)n2)cc1.O=C(CCc1nc(-c2ccccc2)ns1)NC1CCCC1.O=C(COc1nc(-c2ccccc2)no1)NC1CCCC1.O=C(COc1nc(-c2ccccc2)ns1)NC1CCCC1.O=C(CSc1nc(-c2ccccc2)no1)NC1CCCC1. The number of nitrogens with zero attached hydrogens (tertiary/aromatic N) is 10. The molecule has 5 aliphatic rings. The number of amides is 4. The van der Waals surface area contributed by atoms with E-state index in [-0.39, 0.29) is 66.8 Å². The number of esters is 1. The Morgan fingerprint density at radius 3 is 1.41 bits per heavy atom. The van der Waals surface area contributed by atoms with E-state index in [1.54, 1.807) is 7.11 Å². The zero-order valence-corrected chi connectivity index (χ0v) is 63.7. The van der Waals surface area contributed by atoms with Crippen LogP contribution in [0.1, 0.15) is 140 Å². The summed E-state index contributed by atoms with van der Waals surface area (Å²) in [6, 6.07) is 47.6. The predicted molar refractivity (Wildman–Crippen MR) is 413 cm³/mol. The molecule has 4 amide bonds. The van der Waals surface area contributed by atoms with Gasteiger partial charge in [0, 0.05) is 76.4 Å². The number of hydrogen-bond donors (Lipinski definition) is 4. The minimum absolute atomic E-state index is 0.0000764. The Balaban J connectivity index is 0.000000133. The number of aryl methyl sites for hydroxylation is 1. The minimum Gasteiger partial charge on any atom is -0.497 e. The van der Waals surface area contributed by atoms with Gasteiger partial charge >= 0.3 is 12.0 Å². The first-order chi connectivity index (χ1) is 52.5. The summed E-state index contributed by atoms with van der Waals surface area (Å²) in [5.41, 5.74) is 4.65. The van der Waals surface area contributed by atoms with E-state index < -0.39 is 0 Å². The van der Waals surface area contributed by atoms with Crippen LogP contribution in [0.3, 0.4) is 0 Å². The molecule has 5 aliphatic carbocycles. The minimum atomic E-state index is -0.164. The van der Waals surface area contributed by atoms with Crippen LogP contribution in [0, 0.1) is 0 Å². The van der Waals surface area contributed by atoms with Crippen LogP contribution < -0.4 is 35.5 Å². The average molecular weight is 1550 g/mol. The van der Waals surface area contributed by atoms with Crippen molar-refractivity contribution in [2.75, 3.05) is 31.8 Å². The Hall–Kier alpha value is -9.49. The molecular weight excluding hydrogens is 1460 g/mol. The summed E-state index contributed by atoms with van der Waals surface area (Å²) in [5, 5.41) is 21.6. The third-order valence-electron chi connectivity index (χ3n) is 17.9. The van der Waals surface area contributed by atoms with E-state index in [1.165, 1.54) is 109 Å². The number of hydrogen-bond acceptors (Lipinski definition) is 26. The summed E-state index contributed by atoms with van der Waals surface area (Å²) in [4.78, 5) is 80.7. The molecule has 5 saturated carbocycles. The Labute approximate surface area is 642 Å². The number of rotatable bonds is 26. The highest BCUT2D eigenvalue weighted by Crippen LogP contribution is 2.30. The molecule has 25 nitrogen and oxygen atoms in total. The molecule has 0 atom stereocenters. The Morgan fingerprint density at radius 1 is 0.430 bits per heavy atom. The van der Waals surface area contributed by atoms with Crippen molar-refractivity contribution in [3.8, 4) is 74.0 Å². The highest BCUT2D eigenvalue weighted by molar-refractivity contribution is 8.01. The van der Waals surface area contributed by atoms with Crippen molar-refractivity contribution >= 4 is 87.7 Å². The summed E-state index contributed by atoms with van der Waals surface area (Å²) in [5.74, 6) is 4.22. The van der Waals surface area contributed by atoms with E-state index in [0.717, 1.165) is 126 Å². The van der Waals surface area contributed by atoms with E-state index in [4.69, 9.17) is 28.0 Å². The van der Waals surface area contributed by atoms with Crippen molar-refractivity contribution in [3.63, 3.8) is 0 Å². The third-order valence-corrected chi connectivity index (χ3v) is 21.9. The normalized spacial score (nSPS) is 15.1. The number of carbonyl (C=O) groups excluding carboxylic acids is 5. The molecule has 0 unspecified atom stereocenters. The molecule has 0 radical (unpaired) electrons. The molecule has 5 aromatic carbocycles. The lowest BCUT2D eigenvalue weighted by molar-refractivity contribution is -0.145. The van der Waals surface area contributed by atoms with E-state index in [0.29, 0.717) is 70.4 Å². The first-order valence-corrected chi connectivity index (χ1v) is 40.7. The van der Waals surface area contributed by atoms with Crippen LogP contribution in [0.5, 0.6) is 17.0 Å². The van der Waals surface area contributed by atoms with Crippen molar-refractivity contribution in [1.29, 1.82) is 0 Å². The van der Waals surface area contributed by atoms with Crippen LogP contribution in [-0.2, 0) is 35.1 Å². The number of methoxy groups -OCH3 is 1. The van der Waals surface area contributed by atoms with Crippen LogP contribution in [0.4, 0.5) is 0 Å². The Morgan fingerprint density at radius 2 is 0.869 bits per heavy atom. The van der Waals surface area contributed by atoms with Gasteiger partial charge in [0.05, 0.1) is 18.6 Å². The van der Waals surface area contributed by atoms with Gasteiger partial charge in [-0.15, -0.1) is 0 Å². The predicted octanol–water partition coefficient (Wildman–Crippen LogP) is 14.7. The number of carbonyl (C=O) groups is 5. The zero-order valence-electron chi connectivity index (χ0n) is 59.6. The molecule has 107 heavy (non-hydrogen) atoms. The van der Waals surface area contributed by atoms with Gasteiger partial charge in [0.15, 0.2) is 35.0 Å². The van der Waals surface area contributed by atoms with Crippen LogP contribution in [0.25, 0.3) is 56.9 Å². The van der Waals surface area contributed by atoms with E-state index >= 15 is 0 Å². The van der Waals surface area contributed by atoms with Crippen LogP contribution in [0.15, 0.2) is 164 Å². The molecule has 5 heterocycles. The first-order valence-electron chi connectivity index (χ1n) is 36.4. The van der Waals surface area contributed by atoms with Gasteiger partial charge in [-0.2, -0.15) is 28.1 Å². The monoisotopic (exact) mass is 1540 g/mol. The van der Waals surface area contributed by atoms with Gasteiger partial charge in [0.25, 0.3) is 22.2 Å². The summed E-state index contributed by atoms with van der Waals surface area (Å²) < 4.78 is 45.1. The molecule has 0 aliphatic heterocycles. The summed E-state index contributed by atoms with van der Waals surface area (Å²) >= 11 is 6.51. The van der Waals surface area contributed by atoms with Crippen LogP contribution in [-0.4, -0.2) is 140 Å². The van der Waals surface area contributed by atoms with Gasteiger partial charge in [-0.05, 0) is 124 Å². The highest BCUT2D eigenvalue weighted by atomic mass is 32.2. The van der Waals surface area contributed by atoms with E-state index in [9.17, 15) is 24.0 Å². The molecule has 0 spiro atoms. The maximum atomic E-state index is 11.9. The number of ether oxygens (including phenoxy) is 4. The number of aromatic nitrogens is 10. The standard InChI is InChI=1S/C16H19N3OS.C16H18N2O3S2.C15H17N3O3.2C15H17N3O2S/c20-14(17-13-8-4-5-9-13)10-11-15-18-16(19-21-15)12-6-2-1-3-7-12;1-20-12-8-6-11(7-9-12)15-17-16(23-18-15)22-10-14(19)21-13-4-2-3-5-13;19-13(16-12-8-4-5-9-12)10-20-15-17-14(18-21-15)11-6-2-1-3-7-11;19-13(16-12-8-4-5-9-12)10-21-15-17-14(18-20-15)11-6-2-1-3-7-11;19-13(16-12-8-4-5-9-12)10-20-15-17-14(18-21-15)11-6-2-1-3-7-11/h1-3,6-7,13H,4-5,8-11H2,(H,17,20);6-9,13H,2-5,10H2,1H3;3*1-3,6-7,12H,4-5,8-10H2,(H,16,19). The molecule has 15 rings (SSSR count).